The van der Waals surface area contributed by atoms with Crippen molar-refractivity contribution >= 4 is 56.5 Å². The van der Waals surface area contributed by atoms with Crippen LogP contribution in [0, 0.1) is 13.8 Å². The Hall–Kier alpha value is -2.78. The highest BCUT2D eigenvalue weighted by atomic mass is 79.9. The van der Waals surface area contributed by atoms with Crippen LogP contribution in [0.25, 0.3) is 6.08 Å². The van der Waals surface area contributed by atoms with Gasteiger partial charge in [-0.3, -0.25) is 19.3 Å². The van der Waals surface area contributed by atoms with E-state index in [2.05, 4.69) is 21.2 Å². The fourth-order valence-electron chi connectivity index (χ4n) is 3.14. The van der Waals surface area contributed by atoms with Crippen LogP contribution < -0.4 is 14.8 Å². The van der Waals surface area contributed by atoms with Gasteiger partial charge in [-0.1, -0.05) is 12.1 Å². The fourth-order valence-corrected chi connectivity index (χ4v) is 4.60. The first-order chi connectivity index (χ1) is 15.2. The van der Waals surface area contributed by atoms with Gasteiger partial charge < -0.3 is 14.8 Å². The number of hydrogen-bond acceptors (Lipinski definition) is 6. The number of rotatable bonds is 7. The van der Waals surface area contributed by atoms with Gasteiger partial charge in [-0.25, -0.2) is 0 Å². The molecule has 1 aliphatic rings. The Morgan fingerprint density at radius 2 is 2.00 bits per heavy atom. The maximum atomic E-state index is 12.8. The topological polar surface area (TPSA) is 84.9 Å². The largest absolute Gasteiger partial charge is 0.492 e. The molecule has 2 aromatic carbocycles. The average Bonchev–Trinajstić information content (AvgIpc) is 2.99. The van der Waals surface area contributed by atoms with Crippen LogP contribution in [0.5, 0.6) is 11.5 Å². The molecule has 1 fully saturated rings. The summed E-state index contributed by atoms with van der Waals surface area (Å²) in [5, 5.41) is 2.28. The molecule has 168 valence electrons. The number of carbonyl (C=O) groups excluding carboxylic acids is 3. The van der Waals surface area contributed by atoms with E-state index in [1.54, 1.807) is 24.3 Å². The summed E-state index contributed by atoms with van der Waals surface area (Å²) in [6.45, 7) is 5.79. The normalized spacial score (nSPS) is 14.8. The summed E-state index contributed by atoms with van der Waals surface area (Å²) in [4.78, 5) is 38.9. The summed E-state index contributed by atoms with van der Waals surface area (Å²) < 4.78 is 11.6. The highest BCUT2D eigenvalue weighted by molar-refractivity contribution is 9.10. The fraction of sp³-hybridized carbons (Fsp3) is 0.261. The summed E-state index contributed by atoms with van der Waals surface area (Å²) in [5.74, 6) is 0.108. The van der Waals surface area contributed by atoms with Gasteiger partial charge in [-0.15, -0.1) is 0 Å². The first-order valence-electron chi connectivity index (χ1n) is 9.86. The number of anilines is 1. The van der Waals surface area contributed by atoms with E-state index in [1.807, 2.05) is 32.9 Å². The first-order valence-corrected chi connectivity index (χ1v) is 11.5. The summed E-state index contributed by atoms with van der Waals surface area (Å²) in [6.07, 6.45) is 1.60. The summed E-state index contributed by atoms with van der Waals surface area (Å²) in [5.41, 5.74) is 3.29. The van der Waals surface area contributed by atoms with E-state index in [4.69, 9.17) is 9.47 Å². The van der Waals surface area contributed by atoms with Gasteiger partial charge in [0.1, 0.15) is 6.54 Å². The molecule has 1 heterocycles. The van der Waals surface area contributed by atoms with Crippen molar-refractivity contribution in [2.75, 3.05) is 25.6 Å². The molecule has 1 N–H and O–H groups in total. The molecule has 1 saturated heterocycles. The Labute approximate surface area is 199 Å². The second kappa shape index (κ2) is 10.2. The Morgan fingerprint density at radius 1 is 1.25 bits per heavy atom. The zero-order valence-corrected chi connectivity index (χ0v) is 20.6. The lowest BCUT2D eigenvalue weighted by atomic mass is 10.1. The highest BCUT2D eigenvalue weighted by Crippen LogP contribution is 2.39. The van der Waals surface area contributed by atoms with E-state index in [0.717, 1.165) is 27.8 Å². The van der Waals surface area contributed by atoms with Crippen molar-refractivity contribution in [3.63, 3.8) is 0 Å². The maximum Gasteiger partial charge on any atom is 0.294 e. The van der Waals surface area contributed by atoms with Crippen molar-refractivity contribution in [3.8, 4) is 11.5 Å². The average molecular weight is 519 g/mol. The molecule has 0 bridgehead atoms. The molecule has 3 amide bonds. The number of amides is 3. The van der Waals surface area contributed by atoms with E-state index < -0.39 is 17.1 Å². The second-order valence-corrected chi connectivity index (χ2v) is 8.88. The van der Waals surface area contributed by atoms with Gasteiger partial charge >= 0.3 is 0 Å². The third kappa shape index (κ3) is 5.16. The third-order valence-electron chi connectivity index (χ3n) is 4.89. The minimum atomic E-state index is -0.513. The van der Waals surface area contributed by atoms with Crippen molar-refractivity contribution in [2.24, 2.45) is 0 Å². The van der Waals surface area contributed by atoms with Gasteiger partial charge in [-0.05, 0) is 89.4 Å². The van der Waals surface area contributed by atoms with Gasteiger partial charge in [0.05, 0.1) is 23.1 Å². The van der Waals surface area contributed by atoms with Crippen molar-refractivity contribution < 1.29 is 23.9 Å². The molecule has 0 atom stereocenters. The molecule has 0 radical (unpaired) electrons. The smallest absolute Gasteiger partial charge is 0.294 e. The Kier molecular flexibility index (Phi) is 7.63. The molecule has 32 heavy (non-hydrogen) atoms. The minimum Gasteiger partial charge on any atom is -0.492 e. The van der Waals surface area contributed by atoms with Crippen LogP contribution in [0.1, 0.15) is 23.6 Å². The van der Waals surface area contributed by atoms with Crippen LogP contribution in [0.3, 0.4) is 0 Å². The predicted octanol–water partition coefficient (Wildman–Crippen LogP) is 5.15. The lowest BCUT2D eigenvalue weighted by Crippen LogP contribution is -2.36. The monoisotopic (exact) mass is 518 g/mol. The van der Waals surface area contributed by atoms with Crippen LogP contribution in [0.2, 0.25) is 0 Å². The van der Waals surface area contributed by atoms with Crippen LogP contribution in [0.4, 0.5) is 10.5 Å². The Morgan fingerprint density at radius 3 is 2.69 bits per heavy atom. The number of aryl methyl sites for hydroxylation is 1. The van der Waals surface area contributed by atoms with Crippen LogP contribution >= 0.6 is 27.7 Å². The molecule has 7 nitrogen and oxygen atoms in total. The standard InChI is InChI=1S/C23H23BrN2O5S/c1-5-31-18-10-15(9-16(24)21(18)30-4)11-19-22(28)26(23(29)32-19)12-20(27)25-17-8-6-7-13(2)14(17)3/h6-11H,5,12H2,1-4H3,(H,25,27)/b19-11+. The van der Waals surface area contributed by atoms with Gasteiger partial charge in [0.15, 0.2) is 11.5 Å². The first kappa shape index (κ1) is 23.9. The highest BCUT2D eigenvalue weighted by Gasteiger charge is 2.36. The Bertz CT molecular complexity index is 1120. The minimum absolute atomic E-state index is 0.231. The molecule has 0 aliphatic carbocycles. The number of carbonyl (C=O) groups is 3. The van der Waals surface area contributed by atoms with Crippen molar-refractivity contribution in [3.05, 3.63) is 56.4 Å². The number of nitrogens with one attached hydrogen (secondary N) is 1. The van der Waals surface area contributed by atoms with Crippen LogP contribution in [-0.4, -0.2) is 42.2 Å². The second-order valence-electron chi connectivity index (χ2n) is 7.03. The molecule has 2 aromatic rings. The quantitative estimate of drug-likeness (QED) is 0.510. The van der Waals surface area contributed by atoms with Crippen LogP contribution in [0.15, 0.2) is 39.7 Å². The number of nitrogens with zero attached hydrogens (tertiary/aromatic N) is 1. The molecule has 0 saturated carbocycles. The van der Waals surface area contributed by atoms with E-state index in [1.165, 1.54) is 7.11 Å². The molecule has 9 heteroatoms. The zero-order chi connectivity index (χ0) is 23.4. The molecule has 0 spiro atoms. The number of methoxy groups -OCH3 is 1. The van der Waals surface area contributed by atoms with Crippen molar-refractivity contribution in [2.45, 2.75) is 20.8 Å². The zero-order valence-electron chi connectivity index (χ0n) is 18.2. The van der Waals surface area contributed by atoms with E-state index in [0.29, 0.717) is 33.8 Å². The maximum absolute atomic E-state index is 12.8. The lowest BCUT2D eigenvalue weighted by Gasteiger charge is -2.14. The molecule has 0 unspecified atom stereocenters. The number of halogens is 1. The predicted molar refractivity (Wildman–Crippen MR) is 129 cm³/mol. The van der Waals surface area contributed by atoms with E-state index >= 15 is 0 Å². The molecule has 1 aliphatic heterocycles. The number of benzene rings is 2. The SMILES string of the molecule is CCOc1cc(/C=C2/SC(=O)N(CC(=O)Nc3cccc(C)c3C)C2=O)cc(Br)c1OC. The van der Waals surface area contributed by atoms with Crippen molar-refractivity contribution in [1.82, 2.24) is 4.90 Å². The van der Waals surface area contributed by atoms with Crippen molar-refractivity contribution in [1.29, 1.82) is 0 Å². The number of imide groups is 1. The number of ether oxygens (including phenoxy) is 2. The molecule has 3 rings (SSSR count). The third-order valence-corrected chi connectivity index (χ3v) is 6.38. The van der Waals surface area contributed by atoms with Crippen LogP contribution in [-0.2, 0) is 9.59 Å². The molecular weight excluding hydrogens is 496 g/mol. The Balaban J connectivity index is 1.78. The molecule has 0 aromatic heterocycles. The summed E-state index contributed by atoms with van der Waals surface area (Å²) in [6, 6.07) is 9.06. The lowest BCUT2D eigenvalue weighted by molar-refractivity contribution is -0.127. The number of thioether (sulfide) groups is 1. The van der Waals surface area contributed by atoms with E-state index in [9.17, 15) is 14.4 Å². The van der Waals surface area contributed by atoms with Gasteiger partial charge in [0.2, 0.25) is 5.91 Å². The summed E-state index contributed by atoms with van der Waals surface area (Å²) >= 11 is 4.23. The van der Waals surface area contributed by atoms with Gasteiger partial charge in [-0.2, -0.15) is 0 Å². The summed E-state index contributed by atoms with van der Waals surface area (Å²) in [7, 11) is 1.54. The van der Waals surface area contributed by atoms with Gasteiger partial charge in [0, 0.05) is 5.69 Å². The number of hydrogen-bond donors (Lipinski definition) is 1. The molecular formula is C23H23BrN2O5S. The van der Waals surface area contributed by atoms with E-state index in [-0.39, 0.29) is 11.4 Å². The van der Waals surface area contributed by atoms with Gasteiger partial charge in [0.25, 0.3) is 11.1 Å².